The van der Waals surface area contributed by atoms with Crippen LogP contribution in [0, 0.1) is 17.8 Å². The first kappa shape index (κ1) is 13.6. The average molecular weight is 245 g/mol. The Kier molecular flexibility index (Phi) is 4.82. The SMILES string of the molecule is CC(C)[C@H]1CC[C@H](C)C[C@@H]1NCc1ccccc1. The molecule has 2 rings (SSSR count). The number of nitrogens with one attached hydrogen (secondary N) is 1. The zero-order valence-corrected chi connectivity index (χ0v) is 12.0. The lowest BCUT2D eigenvalue weighted by Gasteiger charge is -2.38. The highest BCUT2D eigenvalue weighted by atomic mass is 14.9. The first-order chi connectivity index (χ1) is 8.66. The standard InChI is InChI=1S/C17H27N/c1-13(2)16-10-9-14(3)11-17(16)18-12-15-7-5-4-6-8-15/h4-8,13-14,16-18H,9-12H2,1-3H3/t14-,16+,17-/m0/s1. The van der Waals surface area contributed by atoms with E-state index in [1.54, 1.807) is 0 Å². The minimum atomic E-state index is 0.703. The molecule has 0 unspecified atom stereocenters. The summed E-state index contributed by atoms with van der Waals surface area (Å²) in [5.74, 6) is 2.53. The summed E-state index contributed by atoms with van der Waals surface area (Å²) in [6.45, 7) is 8.16. The van der Waals surface area contributed by atoms with Gasteiger partial charge in [-0.3, -0.25) is 0 Å². The van der Waals surface area contributed by atoms with Gasteiger partial charge in [0.15, 0.2) is 0 Å². The minimum absolute atomic E-state index is 0.703. The van der Waals surface area contributed by atoms with E-state index in [0.29, 0.717) is 6.04 Å². The summed E-state index contributed by atoms with van der Waals surface area (Å²) in [7, 11) is 0. The molecule has 1 fully saturated rings. The fraction of sp³-hybridized carbons (Fsp3) is 0.647. The van der Waals surface area contributed by atoms with Crippen molar-refractivity contribution in [2.45, 2.75) is 52.6 Å². The van der Waals surface area contributed by atoms with E-state index in [0.717, 1.165) is 24.3 Å². The maximum atomic E-state index is 3.80. The maximum absolute atomic E-state index is 3.80. The summed E-state index contributed by atoms with van der Waals surface area (Å²) in [5.41, 5.74) is 1.40. The second kappa shape index (κ2) is 6.38. The van der Waals surface area contributed by atoms with Gasteiger partial charge in [0, 0.05) is 12.6 Å². The van der Waals surface area contributed by atoms with Crippen molar-refractivity contribution in [1.29, 1.82) is 0 Å². The van der Waals surface area contributed by atoms with Crippen LogP contribution in [0.15, 0.2) is 30.3 Å². The molecular formula is C17H27N. The summed E-state index contributed by atoms with van der Waals surface area (Å²) < 4.78 is 0. The van der Waals surface area contributed by atoms with Crippen LogP contribution in [0.25, 0.3) is 0 Å². The zero-order valence-electron chi connectivity index (χ0n) is 12.0. The summed E-state index contributed by atoms with van der Waals surface area (Å²) in [4.78, 5) is 0. The fourth-order valence-corrected chi connectivity index (χ4v) is 3.28. The molecule has 0 spiro atoms. The Morgan fingerprint density at radius 2 is 1.89 bits per heavy atom. The van der Waals surface area contributed by atoms with Crippen LogP contribution in [-0.2, 0) is 6.54 Å². The molecule has 1 saturated carbocycles. The fourth-order valence-electron chi connectivity index (χ4n) is 3.28. The molecule has 0 saturated heterocycles. The highest BCUT2D eigenvalue weighted by molar-refractivity contribution is 5.14. The van der Waals surface area contributed by atoms with Crippen molar-refractivity contribution in [3.8, 4) is 0 Å². The minimum Gasteiger partial charge on any atom is -0.310 e. The van der Waals surface area contributed by atoms with Crippen molar-refractivity contribution < 1.29 is 0 Å². The lowest BCUT2D eigenvalue weighted by Crippen LogP contribution is -2.42. The van der Waals surface area contributed by atoms with Crippen molar-refractivity contribution in [3.63, 3.8) is 0 Å². The van der Waals surface area contributed by atoms with Crippen molar-refractivity contribution in [1.82, 2.24) is 5.32 Å². The quantitative estimate of drug-likeness (QED) is 0.836. The van der Waals surface area contributed by atoms with Crippen LogP contribution >= 0.6 is 0 Å². The predicted molar refractivity (Wildman–Crippen MR) is 78.4 cm³/mol. The Labute approximate surface area is 112 Å². The van der Waals surface area contributed by atoms with Gasteiger partial charge in [-0.25, -0.2) is 0 Å². The van der Waals surface area contributed by atoms with Crippen LogP contribution < -0.4 is 5.32 Å². The van der Waals surface area contributed by atoms with Crippen LogP contribution in [0.5, 0.6) is 0 Å². The Morgan fingerprint density at radius 1 is 1.17 bits per heavy atom. The van der Waals surface area contributed by atoms with Crippen molar-refractivity contribution in [3.05, 3.63) is 35.9 Å². The number of rotatable bonds is 4. The van der Waals surface area contributed by atoms with Gasteiger partial charge >= 0.3 is 0 Å². The van der Waals surface area contributed by atoms with Crippen LogP contribution in [0.1, 0.15) is 45.6 Å². The molecule has 3 atom stereocenters. The highest BCUT2D eigenvalue weighted by Gasteiger charge is 2.29. The van der Waals surface area contributed by atoms with Gasteiger partial charge in [0.05, 0.1) is 0 Å². The third-order valence-corrected chi connectivity index (χ3v) is 4.43. The predicted octanol–water partition coefficient (Wildman–Crippen LogP) is 4.24. The first-order valence-electron chi connectivity index (χ1n) is 7.44. The van der Waals surface area contributed by atoms with Crippen LogP contribution in [0.2, 0.25) is 0 Å². The summed E-state index contributed by atoms with van der Waals surface area (Å²) in [6.07, 6.45) is 4.15. The smallest absolute Gasteiger partial charge is 0.0208 e. The second-order valence-electron chi connectivity index (χ2n) is 6.30. The topological polar surface area (TPSA) is 12.0 Å². The highest BCUT2D eigenvalue weighted by Crippen LogP contribution is 2.33. The van der Waals surface area contributed by atoms with Gasteiger partial charge in [0.1, 0.15) is 0 Å². The van der Waals surface area contributed by atoms with Gasteiger partial charge in [-0.15, -0.1) is 0 Å². The van der Waals surface area contributed by atoms with Gasteiger partial charge in [0.2, 0.25) is 0 Å². The van der Waals surface area contributed by atoms with Crippen molar-refractivity contribution in [2.24, 2.45) is 17.8 Å². The molecule has 1 heteroatoms. The lowest BCUT2D eigenvalue weighted by atomic mass is 9.74. The molecule has 0 aliphatic heterocycles. The van der Waals surface area contributed by atoms with E-state index in [9.17, 15) is 0 Å². The molecule has 1 aromatic rings. The lowest BCUT2D eigenvalue weighted by molar-refractivity contribution is 0.169. The molecule has 0 bridgehead atoms. The Balaban J connectivity index is 1.92. The van der Waals surface area contributed by atoms with E-state index in [4.69, 9.17) is 0 Å². The summed E-state index contributed by atoms with van der Waals surface area (Å²) in [5, 5.41) is 3.80. The summed E-state index contributed by atoms with van der Waals surface area (Å²) in [6, 6.07) is 11.5. The molecule has 1 N–H and O–H groups in total. The van der Waals surface area contributed by atoms with E-state index in [1.165, 1.54) is 24.8 Å². The maximum Gasteiger partial charge on any atom is 0.0208 e. The molecule has 0 amide bonds. The molecule has 1 nitrogen and oxygen atoms in total. The van der Waals surface area contributed by atoms with Gasteiger partial charge in [-0.05, 0) is 36.2 Å². The van der Waals surface area contributed by atoms with Gasteiger partial charge in [-0.2, -0.15) is 0 Å². The molecule has 18 heavy (non-hydrogen) atoms. The molecule has 0 radical (unpaired) electrons. The van der Waals surface area contributed by atoms with E-state index in [2.05, 4.69) is 56.4 Å². The largest absolute Gasteiger partial charge is 0.310 e. The molecular weight excluding hydrogens is 218 g/mol. The van der Waals surface area contributed by atoms with Crippen LogP contribution in [0.3, 0.4) is 0 Å². The van der Waals surface area contributed by atoms with Gasteiger partial charge in [-0.1, -0.05) is 57.5 Å². The monoisotopic (exact) mass is 245 g/mol. The van der Waals surface area contributed by atoms with Crippen molar-refractivity contribution >= 4 is 0 Å². The van der Waals surface area contributed by atoms with E-state index < -0.39 is 0 Å². The molecule has 1 aromatic carbocycles. The normalized spacial score (nSPS) is 28.6. The summed E-state index contributed by atoms with van der Waals surface area (Å²) >= 11 is 0. The molecule has 0 heterocycles. The van der Waals surface area contributed by atoms with Crippen LogP contribution in [-0.4, -0.2) is 6.04 Å². The first-order valence-corrected chi connectivity index (χ1v) is 7.44. The second-order valence-corrected chi connectivity index (χ2v) is 6.30. The number of hydrogen-bond acceptors (Lipinski definition) is 1. The molecule has 0 aromatic heterocycles. The number of benzene rings is 1. The average Bonchev–Trinajstić information content (AvgIpc) is 2.37. The van der Waals surface area contributed by atoms with Crippen LogP contribution in [0.4, 0.5) is 0 Å². The van der Waals surface area contributed by atoms with E-state index in [-0.39, 0.29) is 0 Å². The molecule has 1 aliphatic carbocycles. The number of hydrogen-bond donors (Lipinski definition) is 1. The molecule has 100 valence electrons. The Morgan fingerprint density at radius 3 is 2.56 bits per heavy atom. The zero-order chi connectivity index (χ0) is 13.0. The Bertz CT molecular complexity index is 344. The molecule has 1 aliphatic rings. The van der Waals surface area contributed by atoms with E-state index in [1.807, 2.05) is 0 Å². The third-order valence-electron chi connectivity index (χ3n) is 4.43. The van der Waals surface area contributed by atoms with Crippen molar-refractivity contribution in [2.75, 3.05) is 0 Å². The van der Waals surface area contributed by atoms with Gasteiger partial charge in [0.25, 0.3) is 0 Å². The Hall–Kier alpha value is -0.820. The van der Waals surface area contributed by atoms with E-state index >= 15 is 0 Å². The van der Waals surface area contributed by atoms with Gasteiger partial charge < -0.3 is 5.32 Å². The third kappa shape index (κ3) is 3.58.